The van der Waals surface area contributed by atoms with E-state index >= 15 is 0 Å². The van der Waals surface area contributed by atoms with E-state index in [1.54, 1.807) is 0 Å². The molecule has 0 radical (unpaired) electrons. The van der Waals surface area contributed by atoms with E-state index in [1.807, 2.05) is 32.0 Å². The van der Waals surface area contributed by atoms with E-state index in [9.17, 15) is 14.9 Å². The van der Waals surface area contributed by atoms with Crippen molar-refractivity contribution >= 4 is 5.78 Å². The van der Waals surface area contributed by atoms with Crippen LogP contribution in [0.4, 0.5) is 0 Å². The van der Waals surface area contributed by atoms with Crippen LogP contribution in [0.25, 0.3) is 0 Å². The molecule has 18 heavy (non-hydrogen) atoms. The van der Waals surface area contributed by atoms with Crippen molar-refractivity contribution in [3.63, 3.8) is 0 Å². The van der Waals surface area contributed by atoms with E-state index in [-0.39, 0.29) is 10.7 Å². The Morgan fingerprint density at radius 3 is 2.33 bits per heavy atom. The van der Waals surface area contributed by atoms with Gasteiger partial charge in [0, 0.05) is 23.3 Å². The monoisotopic (exact) mass is 247 g/mol. The summed E-state index contributed by atoms with van der Waals surface area (Å²) >= 11 is 0. The van der Waals surface area contributed by atoms with Crippen LogP contribution in [0.3, 0.4) is 0 Å². The summed E-state index contributed by atoms with van der Waals surface area (Å²) in [6.45, 7) is 3.69. The highest BCUT2D eigenvalue weighted by atomic mass is 16.6. The second-order valence-electron chi connectivity index (χ2n) is 5.01. The van der Waals surface area contributed by atoms with E-state index in [2.05, 4.69) is 0 Å². The first-order valence-electron chi connectivity index (χ1n) is 6.24. The summed E-state index contributed by atoms with van der Waals surface area (Å²) in [6, 6.07) is 5.56. The Bertz CT molecular complexity index is 490. The zero-order valence-corrected chi connectivity index (χ0v) is 10.7. The Balaban J connectivity index is 2.68. The maximum absolute atomic E-state index is 12.2. The lowest BCUT2D eigenvalue weighted by Crippen LogP contribution is -2.46. The zero-order valence-electron chi connectivity index (χ0n) is 10.7. The van der Waals surface area contributed by atoms with Gasteiger partial charge < -0.3 is 0 Å². The van der Waals surface area contributed by atoms with Crippen molar-refractivity contribution in [1.29, 1.82) is 0 Å². The van der Waals surface area contributed by atoms with Crippen LogP contribution in [0.1, 0.15) is 42.4 Å². The minimum absolute atomic E-state index is 0.240. The van der Waals surface area contributed by atoms with Crippen LogP contribution >= 0.6 is 0 Å². The van der Waals surface area contributed by atoms with Gasteiger partial charge in [-0.15, -0.1) is 0 Å². The molecule has 0 heterocycles. The number of carbonyl (C=O) groups excluding carboxylic acids is 1. The Kier molecular flexibility index (Phi) is 3.20. The number of ketones is 1. The molecule has 0 bridgehead atoms. The van der Waals surface area contributed by atoms with Gasteiger partial charge in [0.05, 0.1) is 0 Å². The predicted molar refractivity (Wildman–Crippen MR) is 68.1 cm³/mol. The topological polar surface area (TPSA) is 60.2 Å². The molecule has 0 spiro atoms. The summed E-state index contributed by atoms with van der Waals surface area (Å²) in [5.74, 6) is -0.240. The summed E-state index contributed by atoms with van der Waals surface area (Å²) in [6.07, 6.45) is 2.14. The molecule has 1 fully saturated rings. The lowest BCUT2D eigenvalue weighted by molar-refractivity contribution is -0.563. The number of benzene rings is 1. The van der Waals surface area contributed by atoms with Gasteiger partial charge in [-0.25, -0.2) is 0 Å². The third-order valence-electron chi connectivity index (χ3n) is 3.86. The summed E-state index contributed by atoms with van der Waals surface area (Å²) < 4.78 is 0. The van der Waals surface area contributed by atoms with Gasteiger partial charge in [-0.1, -0.05) is 18.2 Å². The van der Waals surface area contributed by atoms with Crippen molar-refractivity contribution in [3.8, 4) is 0 Å². The van der Waals surface area contributed by atoms with Crippen LogP contribution in [0, 0.1) is 24.0 Å². The van der Waals surface area contributed by atoms with Crippen molar-refractivity contribution in [1.82, 2.24) is 0 Å². The number of Topliss-reactive ketones (excluding diaryl/α,β-unsaturated/α-hetero) is 1. The number of nitro groups is 1. The highest BCUT2D eigenvalue weighted by Crippen LogP contribution is 2.40. The molecule has 1 unspecified atom stereocenters. The molecule has 1 aromatic rings. The van der Waals surface area contributed by atoms with E-state index < -0.39 is 5.54 Å². The quantitative estimate of drug-likeness (QED) is 0.596. The van der Waals surface area contributed by atoms with Crippen molar-refractivity contribution in [2.75, 3.05) is 0 Å². The average molecular weight is 247 g/mol. The van der Waals surface area contributed by atoms with Crippen LogP contribution in [-0.2, 0) is 10.3 Å². The molecule has 0 aliphatic heterocycles. The molecule has 0 saturated heterocycles. The molecular formula is C14H17NO3. The third-order valence-corrected chi connectivity index (χ3v) is 3.86. The average Bonchev–Trinajstić information content (AvgIpc) is 2.31. The molecule has 96 valence electrons. The van der Waals surface area contributed by atoms with Crippen molar-refractivity contribution < 1.29 is 9.72 Å². The molecule has 4 nitrogen and oxygen atoms in total. The molecule has 1 aliphatic carbocycles. The molecule has 2 rings (SSSR count). The second kappa shape index (κ2) is 4.52. The lowest BCUT2D eigenvalue weighted by Gasteiger charge is -2.30. The minimum atomic E-state index is -1.51. The SMILES string of the molecule is Cc1cccc(C)c1C1([N+](=O)[O-])CCCCC1=O. The summed E-state index contributed by atoms with van der Waals surface area (Å²) in [5, 5.41) is 11.6. The highest BCUT2D eigenvalue weighted by Gasteiger charge is 2.54. The lowest BCUT2D eigenvalue weighted by atomic mass is 9.73. The number of hydrogen-bond acceptors (Lipinski definition) is 3. The van der Waals surface area contributed by atoms with E-state index in [0.29, 0.717) is 18.4 Å². The fourth-order valence-electron chi connectivity index (χ4n) is 3.03. The molecular weight excluding hydrogens is 230 g/mol. The number of carbonyl (C=O) groups is 1. The molecule has 1 aromatic carbocycles. The first-order valence-corrected chi connectivity index (χ1v) is 6.24. The summed E-state index contributed by atoms with van der Waals surface area (Å²) in [4.78, 5) is 23.4. The van der Waals surface area contributed by atoms with Gasteiger partial charge in [0.2, 0.25) is 5.78 Å². The molecule has 0 aromatic heterocycles. The van der Waals surface area contributed by atoms with Gasteiger partial charge >= 0.3 is 5.54 Å². The van der Waals surface area contributed by atoms with Gasteiger partial charge in [-0.2, -0.15) is 0 Å². The minimum Gasteiger partial charge on any atom is -0.291 e. The van der Waals surface area contributed by atoms with Crippen LogP contribution < -0.4 is 0 Å². The predicted octanol–water partition coefficient (Wildman–Crippen LogP) is 2.92. The maximum atomic E-state index is 12.2. The number of rotatable bonds is 2. The van der Waals surface area contributed by atoms with Crippen LogP contribution in [0.5, 0.6) is 0 Å². The Labute approximate surface area is 106 Å². The zero-order chi connectivity index (χ0) is 13.3. The normalized spacial score (nSPS) is 24.0. The molecule has 0 N–H and O–H groups in total. The Hall–Kier alpha value is -1.71. The summed E-state index contributed by atoms with van der Waals surface area (Å²) in [5.41, 5.74) is 0.775. The molecule has 4 heteroatoms. The number of aryl methyl sites for hydroxylation is 2. The van der Waals surface area contributed by atoms with Gasteiger partial charge in [0.15, 0.2) is 0 Å². The van der Waals surface area contributed by atoms with Gasteiger partial charge in [0.25, 0.3) is 0 Å². The van der Waals surface area contributed by atoms with Crippen molar-refractivity contribution in [2.45, 2.75) is 45.1 Å². The number of nitrogens with zero attached hydrogens (tertiary/aromatic N) is 1. The van der Waals surface area contributed by atoms with Crippen molar-refractivity contribution in [3.05, 3.63) is 45.0 Å². The molecule has 1 atom stereocenters. The van der Waals surface area contributed by atoms with Gasteiger partial charge in [-0.05, 0) is 37.8 Å². The van der Waals surface area contributed by atoms with E-state index in [4.69, 9.17) is 0 Å². The third kappa shape index (κ3) is 1.72. The smallest absolute Gasteiger partial charge is 0.291 e. The van der Waals surface area contributed by atoms with E-state index in [1.165, 1.54) is 0 Å². The first-order chi connectivity index (χ1) is 8.50. The second-order valence-corrected chi connectivity index (χ2v) is 5.01. The fourth-order valence-corrected chi connectivity index (χ4v) is 3.03. The largest absolute Gasteiger partial charge is 0.304 e. The Morgan fingerprint density at radius 1 is 1.22 bits per heavy atom. The van der Waals surface area contributed by atoms with Crippen LogP contribution in [-0.4, -0.2) is 10.7 Å². The van der Waals surface area contributed by atoms with Crippen molar-refractivity contribution in [2.24, 2.45) is 0 Å². The van der Waals surface area contributed by atoms with Crippen LogP contribution in [0.15, 0.2) is 18.2 Å². The standard InChI is InChI=1S/C14H17NO3/c1-10-6-5-7-11(2)13(10)14(15(17)18)9-4-3-8-12(14)16/h5-7H,3-4,8-9H2,1-2H3. The summed E-state index contributed by atoms with van der Waals surface area (Å²) in [7, 11) is 0. The Morgan fingerprint density at radius 2 is 1.83 bits per heavy atom. The fraction of sp³-hybridized carbons (Fsp3) is 0.500. The van der Waals surface area contributed by atoms with E-state index in [0.717, 1.165) is 24.0 Å². The van der Waals surface area contributed by atoms with Gasteiger partial charge in [-0.3, -0.25) is 14.9 Å². The maximum Gasteiger partial charge on any atom is 0.304 e. The number of hydrogen-bond donors (Lipinski definition) is 0. The van der Waals surface area contributed by atoms with Gasteiger partial charge in [0.1, 0.15) is 0 Å². The molecule has 1 aliphatic rings. The molecule has 1 saturated carbocycles. The first kappa shape index (κ1) is 12.7. The molecule has 0 amide bonds. The van der Waals surface area contributed by atoms with Crippen LogP contribution in [0.2, 0.25) is 0 Å². The highest BCUT2D eigenvalue weighted by molar-refractivity contribution is 5.89.